The molecule has 0 spiro atoms. The maximum Gasteiger partial charge on any atom is 0.324 e. The zero-order valence-corrected chi connectivity index (χ0v) is 9.40. The third-order valence-corrected chi connectivity index (χ3v) is 2.57. The summed E-state index contributed by atoms with van der Waals surface area (Å²) in [5.74, 6) is 0.0769. The Morgan fingerprint density at radius 3 is 2.81 bits per heavy atom. The zero-order valence-electron chi connectivity index (χ0n) is 8.58. The maximum absolute atomic E-state index is 5.46. The Balaban J connectivity index is 2.06. The molecule has 0 aliphatic carbocycles. The molecule has 0 radical (unpaired) electrons. The fourth-order valence-electron chi connectivity index (χ4n) is 1.04. The van der Waals surface area contributed by atoms with Gasteiger partial charge < -0.3 is 15.2 Å². The highest BCUT2D eigenvalue weighted by Gasteiger charge is 2.05. The number of hydrogen-bond acceptors (Lipinski definition) is 7. The standard InChI is InChI=1S/C9H10N4O2S/c1-14-8-11-7(10)12-9(13-8)15-5-6-3-2-4-16-6/h2-4H,5H2,1H3,(H2,10,11,12,13). The minimum atomic E-state index is 0.0769. The molecule has 0 fully saturated rings. The highest BCUT2D eigenvalue weighted by molar-refractivity contribution is 7.09. The number of ether oxygens (including phenoxy) is 2. The number of methoxy groups -OCH3 is 1. The summed E-state index contributed by atoms with van der Waals surface area (Å²) in [7, 11) is 1.46. The van der Waals surface area contributed by atoms with Gasteiger partial charge in [-0.05, 0) is 11.4 Å². The molecule has 0 aromatic carbocycles. The van der Waals surface area contributed by atoms with Crippen LogP contribution in [0.1, 0.15) is 4.88 Å². The Hall–Kier alpha value is -1.89. The van der Waals surface area contributed by atoms with Crippen LogP contribution in [0.3, 0.4) is 0 Å². The highest BCUT2D eigenvalue weighted by atomic mass is 32.1. The predicted octanol–water partition coefficient (Wildman–Crippen LogP) is 1.10. The van der Waals surface area contributed by atoms with Crippen LogP contribution in [0.15, 0.2) is 17.5 Å². The van der Waals surface area contributed by atoms with Gasteiger partial charge in [0.2, 0.25) is 5.95 Å². The SMILES string of the molecule is COc1nc(N)nc(OCc2cccs2)n1. The molecule has 0 saturated heterocycles. The quantitative estimate of drug-likeness (QED) is 0.858. The number of nitrogens with two attached hydrogens (primary N) is 1. The van der Waals surface area contributed by atoms with Crippen LogP contribution in [0, 0.1) is 0 Å². The molecule has 0 amide bonds. The van der Waals surface area contributed by atoms with Crippen molar-refractivity contribution in [1.29, 1.82) is 0 Å². The molecule has 2 rings (SSSR count). The lowest BCUT2D eigenvalue weighted by Crippen LogP contribution is -2.04. The minimum Gasteiger partial charge on any atom is -0.467 e. The Morgan fingerprint density at radius 2 is 2.12 bits per heavy atom. The van der Waals surface area contributed by atoms with Crippen LogP contribution in [0.2, 0.25) is 0 Å². The largest absolute Gasteiger partial charge is 0.467 e. The van der Waals surface area contributed by atoms with Gasteiger partial charge in [0.25, 0.3) is 0 Å². The Morgan fingerprint density at radius 1 is 1.31 bits per heavy atom. The van der Waals surface area contributed by atoms with Crippen molar-refractivity contribution in [2.24, 2.45) is 0 Å². The Kier molecular flexibility index (Phi) is 3.16. The van der Waals surface area contributed by atoms with Gasteiger partial charge in [-0.2, -0.15) is 9.97 Å². The van der Waals surface area contributed by atoms with Crippen LogP contribution in [-0.2, 0) is 6.61 Å². The number of aromatic nitrogens is 3. The van der Waals surface area contributed by atoms with Gasteiger partial charge in [0.05, 0.1) is 7.11 Å². The third-order valence-electron chi connectivity index (χ3n) is 1.72. The van der Waals surface area contributed by atoms with Crippen LogP contribution in [0.25, 0.3) is 0 Å². The first-order chi connectivity index (χ1) is 7.78. The van der Waals surface area contributed by atoms with Gasteiger partial charge in [0.1, 0.15) is 6.61 Å². The van der Waals surface area contributed by atoms with Crippen LogP contribution in [0.5, 0.6) is 12.0 Å². The number of nitrogens with zero attached hydrogens (tertiary/aromatic N) is 3. The van der Waals surface area contributed by atoms with Crippen molar-refractivity contribution >= 4 is 17.3 Å². The normalized spacial score (nSPS) is 10.1. The van der Waals surface area contributed by atoms with Gasteiger partial charge in [0, 0.05) is 4.88 Å². The molecule has 84 valence electrons. The summed E-state index contributed by atoms with van der Waals surface area (Å²) < 4.78 is 10.2. The summed E-state index contributed by atoms with van der Waals surface area (Å²) in [6.45, 7) is 0.407. The molecule has 2 aromatic rings. The second-order valence-electron chi connectivity index (χ2n) is 2.83. The zero-order chi connectivity index (χ0) is 11.4. The molecule has 0 aliphatic rings. The fourth-order valence-corrected chi connectivity index (χ4v) is 1.66. The van der Waals surface area contributed by atoms with Gasteiger partial charge in [-0.1, -0.05) is 6.07 Å². The summed E-state index contributed by atoms with van der Waals surface area (Å²) in [6, 6.07) is 4.23. The molecule has 2 aromatic heterocycles. The molecule has 2 N–H and O–H groups in total. The maximum atomic E-state index is 5.46. The fraction of sp³-hybridized carbons (Fsp3) is 0.222. The van der Waals surface area contributed by atoms with Crippen molar-refractivity contribution in [3.63, 3.8) is 0 Å². The van der Waals surface area contributed by atoms with E-state index >= 15 is 0 Å². The molecule has 16 heavy (non-hydrogen) atoms. The summed E-state index contributed by atoms with van der Waals surface area (Å²) in [6.07, 6.45) is 0. The predicted molar refractivity (Wildman–Crippen MR) is 59.4 cm³/mol. The molecule has 6 nitrogen and oxygen atoms in total. The second-order valence-corrected chi connectivity index (χ2v) is 3.86. The summed E-state index contributed by atoms with van der Waals surface area (Å²) in [4.78, 5) is 12.6. The van der Waals surface area contributed by atoms with Crippen molar-refractivity contribution in [3.8, 4) is 12.0 Å². The van der Waals surface area contributed by atoms with E-state index in [1.54, 1.807) is 11.3 Å². The van der Waals surface area contributed by atoms with E-state index < -0.39 is 0 Å². The van der Waals surface area contributed by atoms with Crippen molar-refractivity contribution in [3.05, 3.63) is 22.4 Å². The summed E-state index contributed by atoms with van der Waals surface area (Å²) in [5.41, 5.74) is 5.46. The lowest BCUT2D eigenvalue weighted by Gasteiger charge is -2.04. The number of rotatable bonds is 4. The van der Waals surface area contributed by atoms with E-state index in [0.717, 1.165) is 4.88 Å². The first kappa shape index (κ1) is 10.6. The molecule has 0 saturated carbocycles. The second kappa shape index (κ2) is 4.75. The van der Waals surface area contributed by atoms with E-state index in [4.69, 9.17) is 15.2 Å². The molecule has 0 bridgehead atoms. The van der Waals surface area contributed by atoms with Gasteiger partial charge in [-0.25, -0.2) is 0 Å². The molecule has 2 heterocycles. The number of hydrogen-bond donors (Lipinski definition) is 1. The number of thiophene rings is 1. The van der Waals surface area contributed by atoms with Crippen molar-refractivity contribution in [2.75, 3.05) is 12.8 Å². The van der Waals surface area contributed by atoms with E-state index in [1.165, 1.54) is 7.11 Å². The molecular formula is C9H10N4O2S. The first-order valence-electron chi connectivity index (χ1n) is 4.48. The molecule has 7 heteroatoms. The molecule has 0 atom stereocenters. The van der Waals surface area contributed by atoms with E-state index in [0.29, 0.717) is 6.61 Å². The lowest BCUT2D eigenvalue weighted by molar-refractivity contribution is 0.274. The third kappa shape index (κ3) is 2.57. The molecule has 0 aliphatic heterocycles. The van der Waals surface area contributed by atoms with E-state index in [1.807, 2.05) is 17.5 Å². The van der Waals surface area contributed by atoms with Crippen LogP contribution in [-0.4, -0.2) is 22.1 Å². The van der Waals surface area contributed by atoms with Crippen LogP contribution >= 0.6 is 11.3 Å². The Bertz CT molecular complexity index is 461. The van der Waals surface area contributed by atoms with Crippen molar-refractivity contribution < 1.29 is 9.47 Å². The van der Waals surface area contributed by atoms with E-state index in [2.05, 4.69) is 15.0 Å². The summed E-state index contributed by atoms with van der Waals surface area (Å²) in [5, 5.41) is 1.97. The molecular weight excluding hydrogens is 228 g/mol. The van der Waals surface area contributed by atoms with Crippen molar-refractivity contribution in [2.45, 2.75) is 6.61 Å². The van der Waals surface area contributed by atoms with Gasteiger partial charge in [-0.15, -0.1) is 16.3 Å². The van der Waals surface area contributed by atoms with E-state index in [9.17, 15) is 0 Å². The average molecular weight is 238 g/mol. The number of nitrogen functional groups attached to an aromatic ring is 1. The first-order valence-corrected chi connectivity index (χ1v) is 5.36. The van der Waals surface area contributed by atoms with Crippen molar-refractivity contribution in [1.82, 2.24) is 15.0 Å². The Labute approximate surface area is 96.1 Å². The molecule has 0 unspecified atom stereocenters. The van der Waals surface area contributed by atoms with Gasteiger partial charge in [0.15, 0.2) is 0 Å². The van der Waals surface area contributed by atoms with Gasteiger partial charge in [-0.3, -0.25) is 0 Å². The van der Waals surface area contributed by atoms with Crippen LogP contribution in [0.4, 0.5) is 5.95 Å². The van der Waals surface area contributed by atoms with Gasteiger partial charge >= 0.3 is 12.0 Å². The summed E-state index contributed by atoms with van der Waals surface area (Å²) >= 11 is 1.60. The smallest absolute Gasteiger partial charge is 0.324 e. The lowest BCUT2D eigenvalue weighted by atomic mass is 10.5. The minimum absolute atomic E-state index is 0.0769. The number of anilines is 1. The van der Waals surface area contributed by atoms with Crippen LogP contribution < -0.4 is 15.2 Å². The monoisotopic (exact) mass is 238 g/mol. The topological polar surface area (TPSA) is 83.2 Å². The average Bonchev–Trinajstić information content (AvgIpc) is 2.78. The highest BCUT2D eigenvalue weighted by Crippen LogP contribution is 2.14. The van der Waals surface area contributed by atoms with E-state index in [-0.39, 0.29) is 18.0 Å².